The molecule has 0 atom stereocenters. The van der Waals surface area contributed by atoms with Gasteiger partial charge in [0.25, 0.3) is 0 Å². The summed E-state index contributed by atoms with van der Waals surface area (Å²) in [6.45, 7) is 0.565. The molecule has 0 saturated carbocycles. The number of hydrogen-bond donors (Lipinski definition) is 1. The molecule has 1 N–H and O–H groups in total. The number of aliphatic hydroxyl groups is 1. The first-order valence-corrected chi connectivity index (χ1v) is 6.30. The SMILES string of the molecule is C[O+]=C1CCC/C(=C(\O)c2ccccc2)CCO1. The highest BCUT2D eigenvalue weighted by atomic mass is 16.6. The molecule has 2 rings (SSSR count). The Balaban J connectivity index is 2.13. The molecule has 0 amide bonds. The molecule has 3 heteroatoms. The quantitative estimate of drug-likeness (QED) is 0.470. The zero-order chi connectivity index (χ0) is 12.8. The van der Waals surface area contributed by atoms with E-state index in [4.69, 9.17) is 9.16 Å². The summed E-state index contributed by atoms with van der Waals surface area (Å²) in [4.78, 5) is 0. The maximum atomic E-state index is 10.3. The number of hydrogen-bond acceptors (Lipinski definition) is 2. The Morgan fingerprint density at radius 3 is 2.67 bits per heavy atom. The molecule has 0 unspecified atom stereocenters. The molecule has 0 radical (unpaired) electrons. The second-order valence-electron chi connectivity index (χ2n) is 4.35. The normalized spacial score (nSPS) is 21.9. The summed E-state index contributed by atoms with van der Waals surface area (Å²) < 4.78 is 10.6. The summed E-state index contributed by atoms with van der Waals surface area (Å²) in [6.07, 6.45) is 3.36. The molecule has 0 aromatic heterocycles. The maximum absolute atomic E-state index is 10.3. The van der Waals surface area contributed by atoms with Crippen LogP contribution in [-0.4, -0.2) is 24.8 Å². The van der Waals surface area contributed by atoms with Gasteiger partial charge in [0.2, 0.25) is 0 Å². The molecule has 1 saturated heterocycles. The summed E-state index contributed by atoms with van der Waals surface area (Å²) in [5, 5.41) is 10.3. The number of esters is 1. The summed E-state index contributed by atoms with van der Waals surface area (Å²) >= 11 is 0. The van der Waals surface area contributed by atoms with Crippen LogP contribution in [0.5, 0.6) is 0 Å². The molecule has 3 nitrogen and oxygen atoms in total. The predicted octanol–water partition coefficient (Wildman–Crippen LogP) is 3.24. The van der Waals surface area contributed by atoms with Crippen molar-refractivity contribution in [3.8, 4) is 0 Å². The van der Waals surface area contributed by atoms with E-state index < -0.39 is 0 Å². The van der Waals surface area contributed by atoms with Crippen molar-refractivity contribution in [2.75, 3.05) is 13.7 Å². The lowest BCUT2D eigenvalue weighted by Crippen LogP contribution is -2.12. The van der Waals surface area contributed by atoms with Crippen molar-refractivity contribution in [3.05, 3.63) is 41.5 Å². The van der Waals surface area contributed by atoms with Gasteiger partial charge < -0.3 is 14.3 Å². The van der Waals surface area contributed by atoms with Gasteiger partial charge in [-0.15, -0.1) is 0 Å². The van der Waals surface area contributed by atoms with Gasteiger partial charge in [-0.25, -0.2) is 0 Å². The largest absolute Gasteiger partial charge is 0.507 e. The number of rotatable bonds is 1. The van der Waals surface area contributed by atoms with E-state index in [0.29, 0.717) is 18.3 Å². The molecule has 1 aromatic rings. The highest BCUT2D eigenvalue weighted by molar-refractivity contribution is 5.70. The average Bonchev–Trinajstić information content (AvgIpc) is 2.39. The van der Waals surface area contributed by atoms with Crippen molar-refractivity contribution in [1.29, 1.82) is 0 Å². The standard InChI is InChI=1S/C15H18O3/c1-17-14-9-5-8-13(10-11-18-14)15(16)12-6-3-2-4-7-12/h2-4,6-7H,5,8-11H2,1H3/p+1/b15-13+. The Labute approximate surface area is 107 Å². The van der Waals surface area contributed by atoms with E-state index in [2.05, 4.69) is 0 Å². The number of benzene rings is 1. The van der Waals surface area contributed by atoms with Gasteiger partial charge in [0.05, 0.1) is 0 Å². The molecule has 1 fully saturated rings. The zero-order valence-electron chi connectivity index (χ0n) is 10.7. The van der Waals surface area contributed by atoms with Crippen LogP contribution < -0.4 is 0 Å². The molecule has 96 valence electrons. The fraction of sp³-hybridized carbons (Fsp3) is 0.400. The lowest BCUT2D eigenvalue weighted by atomic mass is 10.00. The number of ether oxygens (including phenoxy) is 1. The lowest BCUT2D eigenvalue weighted by molar-refractivity contribution is -0.433. The summed E-state index contributed by atoms with van der Waals surface area (Å²) in [7, 11) is 1.63. The number of cyclic esters (lactones) is 1. The fourth-order valence-electron chi connectivity index (χ4n) is 2.13. The average molecular weight is 247 g/mol. The first-order chi connectivity index (χ1) is 8.81. The third-order valence-electron chi connectivity index (χ3n) is 3.14. The van der Waals surface area contributed by atoms with E-state index in [9.17, 15) is 5.11 Å². The Bertz CT molecular complexity index is 432. The van der Waals surface area contributed by atoms with Crippen LogP contribution in [0.15, 0.2) is 35.9 Å². The maximum Gasteiger partial charge on any atom is 0.484 e. The lowest BCUT2D eigenvalue weighted by Gasteiger charge is -2.11. The van der Waals surface area contributed by atoms with Crippen LogP contribution in [0.2, 0.25) is 0 Å². The molecule has 1 aromatic carbocycles. The van der Waals surface area contributed by atoms with E-state index in [1.54, 1.807) is 7.11 Å². The van der Waals surface area contributed by atoms with Gasteiger partial charge in [0.15, 0.2) is 13.7 Å². The van der Waals surface area contributed by atoms with Crippen LogP contribution in [0.25, 0.3) is 5.76 Å². The third kappa shape index (κ3) is 3.13. The van der Waals surface area contributed by atoms with Crippen LogP contribution in [0, 0.1) is 0 Å². The first-order valence-electron chi connectivity index (χ1n) is 6.30. The van der Waals surface area contributed by atoms with Crippen LogP contribution in [-0.2, 0) is 9.16 Å². The minimum Gasteiger partial charge on any atom is -0.507 e. The van der Waals surface area contributed by atoms with Crippen molar-refractivity contribution >= 4 is 11.7 Å². The second-order valence-corrected chi connectivity index (χ2v) is 4.35. The first kappa shape index (κ1) is 12.7. The molecule has 0 aliphatic carbocycles. The van der Waals surface area contributed by atoms with Crippen molar-refractivity contribution in [2.24, 2.45) is 0 Å². The van der Waals surface area contributed by atoms with E-state index in [1.165, 1.54) is 0 Å². The summed E-state index contributed by atoms with van der Waals surface area (Å²) in [6, 6.07) is 9.66. The highest BCUT2D eigenvalue weighted by Crippen LogP contribution is 2.24. The van der Waals surface area contributed by atoms with Gasteiger partial charge in [0.1, 0.15) is 12.2 Å². The van der Waals surface area contributed by atoms with Gasteiger partial charge in [-0.1, -0.05) is 30.3 Å². The second kappa shape index (κ2) is 6.24. The van der Waals surface area contributed by atoms with E-state index in [-0.39, 0.29) is 0 Å². The Morgan fingerprint density at radius 1 is 1.17 bits per heavy atom. The molecule has 0 bridgehead atoms. The fourth-order valence-corrected chi connectivity index (χ4v) is 2.13. The smallest absolute Gasteiger partial charge is 0.484 e. The zero-order valence-corrected chi connectivity index (χ0v) is 10.7. The molecule has 0 spiro atoms. The Hall–Kier alpha value is -1.77. The number of aliphatic hydroxyl groups excluding tert-OH is 1. The molecule has 1 aliphatic rings. The molecular formula is C15H19O3+. The predicted molar refractivity (Wildman–Crippen MR) is 71.3 cm³/mol. The van der Waals surface area contributed by atoms with E-state index in [1.807, 2.05) is 30.3 Å². The Kier molecular flexibility index (Phi) is 4.40. The van der Waals surface area contributed by atoms with Crippen LogP contribution in [0.3, 0.4) is 0 Å². The Morgan fingerprint density at radius 2 is 1.94 bits per heavy atom. The third-order valence-corrected chi connectivity index (χ3v) is 3.14. The number of carbonyl (C=O) groups excluding carboxylic acids is 1. The summed E-state index contributed by atoms with van der Waals surface area (Å²) in [5.41, 5.74) is 1.94. The van der Waals surface area contributed by atoms with Gasteiger partial charge >= 0.3 is 5.97 Å². The van der Waals surface area contributed by atoms with Crippen LogP contribution >= 0.6 is 0 Å². The monoisotopic (exact) mass is 247 g/mol. The van der Waals surface area contributed by atoms with Gasteiger partial charge in [-0.3, -0.25) is 0 Å². The van der Waals surface area contributed by atoms with Crippen LogP contribution in [0.1, 0.15) is 31.2 Å². The molecular weight excluding hydrogens is 228 g/mol. The van der Waals surface area contributed by atoms with Gasteiger partial charge in [-0.2, -0.15) is 0 Å². The van der Waals surface area contributed by atoms with Gasteiger partial charge in [-0.05, 0) is 18.4 Å². The van der Waals surface area contributed by atoms with Crippen LogP contribution in [0.4, 0.5) is 0 Å². The van der Waals surface area contributed by atoms with Crippen molar-refractivity contribution in [3.63, 3.8) is 0 Å². The van der Waals surface area contributed by atoms with E-state index in [0.717, 1.165) is 36.8 Å². The topological polar surface area (TPSA) is 40.8 Å². The minimum absolute atomic E-state index is 0.403. The summed E-state index contributed by atoms with van der Waals surface area (Å²) in [5.74, 6) is 1.10. The van der Waals surface area contributed by atoms with Crippen molar-refractivity contribution < 1.29 is 14.3 Å². The molecule has 1 heterocycles. The van der Waals surface area contributed by atoms with Crippen molar-refractivity contribution in [2.45, 2.75) is 25.7 Å². The highest BCUT2D eigenvalue weighted by Gasteiger charge is 2.19. The molecule has 1 aliphatic heterocycles. The van der Waals surface area contributed by atoms with Gasteiger partial charge in [0, 0.05) is 12.0 Å². The molecule has 18 heavy (non-hydrogen) atoms. The van der Waals surface area contributed by atoms with E-state index >= 15 is 0 Å². The minimum atomic E-state index is 0.403. The van der Waals surface area contributed by atoms with Crippen molar-refractivity contribution in [1.82, 2.24) is 0 Å².